The highest BCUT2D eigenvalue weighted by atomic mass is 16.5. The van der Waals surface area contributed by atoms with Gasteiger partial charge in [-0.2, -0.15) is 0 Å². The van der Waals surface area contributed by atoms with E-state index in [9.17, 15) is 9.90 Å². The molecule has 0 saturated carbocycles. The number of methoxy groups -OCH3 is 2. The van der Waals surface area contributed by atoms with Crippen LogP contribution in [0.5, 0.6) is 11.5 Å². The molecule has 0 radical (unpaired) electrons. The van der Waals surface area contributed by atoms with E-state index in [1.165, 1.54) is 7.11 Å². The molecule has 1 aromatic rings. The number of aliphatic hydroxyl groups excluding tert-OH is 1. The summed E-state index contributed by atoms with van der Waals surface area (Å²) in [6.45, 7) is 1.33. The zero-order valence-electron chi connectivity index (χ0n) is 12.2. The number of aliphatic hydroxyl groups is 1. The molecule has 0 spiro atoms. The number of carbonyl (C=O) groups excluding carboxylic acids is 1. The molecule has 0 aliphatic carbocycles. The normalized spacial score (nSPS) is 17.1. The smallest absolute Gasteiger partial charge is 0.339 e. The van der Waals surface area contributed by atoms with Crippen molar-refractivity contribution in [3.05, 3.63) is 23.8 Å². The van der Waals surface area contributed by atoms with Crippen molar-refractivity contribution in [3.63, 3.8) is 0 Å². The molecule has 21 heavy (non-hydrogen) atoms. The van der Waals surface area contributed by atoms with E-state index in [2.05, 4.69) is 4.74 Å². The Kier molecular flexibility index (Phi) is 5.41. The van der Waals surface area contributed by atoms with Crippen LogP contribution in [-0.2, 0) is 14.3 Å². The van der Waals surface area contributed by atoms with Crippen molar-refractivity contribution >= 4 is 5.97 Å². The predicted octanol–water partition coefficient (Wildman–Crippen LogP) is 1.46. The first-order valence-corrected chi connectivity index (χ1v) is 6.84. The molecular formula is C15H20O6. The summed E-state index contributed by atoms with van der Waals surface area (Å²) in [5, 5.41) is 9.89. The quantitative estimate of drug-likeness (QED) is 0.829. The van der Waals surface area contributed by atoms with E-state index in [0.29, 0.717) is 30.3 Å². The second-order valence-electron chi connectivity index (χ2n) is 4.77. The highest BCUT2D eigenvalue weighted by molar-refractivity contribution is 5.76. The Morgan fingerprint density at radius 2 is 2.00 bits per heavy atom. The first-order valence-electron chi connectivity index (χ1n) is 6.84. The SMILES string of the molecule is COC(=O)C(O)c1ccc(OC)c(OC2CCOCC2)c1. The molecule has 1 heterocycles. The Morgan fingerprint density at radius 3 is 2.62 bits per heavy atom. The fourth-order valence-electron chi connectivity index (χ4n) is 2.18. The Labute approximate surface area is 123 Å². The lowest BCUT2D eigenvalue weighted by Gasteiger charge is -2.24. The van der Waals surface area contributed by atoms with Gasteiger partial charge in [0.25, 0.3) is 0 Å². The summed E-state index contributed by atoms with van der Waals surface area (Å²) in [7, 11) is 2.77. The topological polar surface area (TPSA) is 74.2 Å². The van der Waals surface area contributed by atoms with Crippen molar-refractivity contribution in [2.45, 2.75) is 25.0 Å². The second-order valence-corrected chi connectivity index (χ2v) is 4.77. The highest BCUT2D eigenvalue weighted by Crippen LogP contribution is 2.32. The van der Waals surface area contributed by atoms with Crippen molar-refractivity contribution in [1.82, 2.24) is 0 Å². The van der Waals surface area contributed by atoms with Crippen molar-refractivity contribution in [3.8, 4) is 11.5 Å². The van der Waals surface area contributed by atoms with Crippen LogP contribution in [0.4, 0.5) is 0 Å². The third-order valence-electron chi connectivity index (χ3n) is 3.39. The maximum Gasteiger partial charge on any atom is 0.339 e. The fourth-order valence-corrected chi connectivity index (χ4v) is 2.18. The molecule has 0 bridgehead atoms. The number of ether oxygens (including phenoxy) is 4. The molecule has 1 saturated heterocycles. The van der Waals surface area contributed by atoms with Gasteiger partial charge in [-0.05, 0) is 17.7 Å². The lowest BCUT2D eigenvalue weighted by molar-refractivity contribution is -0.150. The largest absolute Gasteiger partial charge is 0.493 e. The lowest BCUT2D eigenvalue weighted by Crippen LogP contribution is -2.26. The minimum absolute atomic E-state index is 0.0400. The van der Waals surface area contributed by atoms with Gasteiger partial charge in [-0.25, -0.2) is 4.79 Å². The summed E-state index contributed by atoms with van der Waals surface area (Å²) in [6.07, 6.45) is 0.302. The van der Waals surface area contributed by atoms with Gasteiger partial charge in [-0.15, -0.1) is 0 Å². The fraction of sp³-hybridized carbons (Fsp3) is 0.533. The summed E-state index contributed by atoms with van der Waals surface area (Å²) in [4.78, 5) is 11.4. The molecule has 0 aromatic heterocycles. The molecule has 1 aliphatic rings. The summed E-state index contributed by atoms with van der Waals surface area (Å²) >= 11 is 0. The van der Waals surface area contributed by atoms with Crippen molar-refractivity contribution in [1.29, 1.82) is 0 Å². The first kappa shape index (κ1) is 15.6. The van der Waals surface area contributed by atoms with E-state index in [-0.39, 0.29) is 6.10 Å². The number of hydrogen-bond acceptors (Lipinski definition) is 6. The van der Waals surface area contributed by atoms with Gasteiger partial charge in [0.05, 0.1) is 27.4 Å². The molecule has 1 unspecified atom stereocenters. The van der Waals surface area contributed by atoms with E-state index >= 15 is 0 Å². The molecule has 6 heteroatoms. The van der Waals surface area contributed by atoms with Gasteiger partial charge in [0.2, 0.25) is 0 Å². The average molecular weight is 296 g/mol. The van der Waals surface area contributed by atoms with Crippen LogP contribution in [0.15, 0.2) is 18.2 Å². The first-order chi connectivity index (χ1) is 10.2. The zero-order chi connectivity index (χ0) is 15.2. The molecular weight excluding hydrogens is 276 g/mol. The Hall–Kier alpha value is -1.79. The third-order valence-corrected chi connectivity index (χ3v) is 3.39. The number of rotatable bonds is 5. The number of carbonyl (C=O) groups is 1. The van der Waals surface area contributed by atoms with Crippen LogP contribution >= 0.6 is 0 Å². The molecule has 0 amide bonds. The van der Waals surface area contributed by atoms with Crippen LogP contribution < -0.4 is 9.47 Å². The van der Waals surface area contributed by atoms with Crippen LogP contribution in [0.1, 0.15) is 24.5 Å². The number of hydrogen-bond donors (Lipinski definition) is 1. The molecule has 1 aliphatic heterocycles. The maximum atomic E-state index is 11.4. The van der Waals surface area contributed by atoms with E-state index in [1.807, 2.05) is 0 Å². The third kappa shape index (κ3) is 3.86. The predicted molar refractivity (Wildman–Crippen MR) is 74.4 cm³/mol. The van der Waals surface area contributed by atoms with Crippen LogP contribution in [0, 0.1) is 0 Å². The van der Waals surface area contributed by atoms with Crippen LogP contribution in [0.2, 0.25) is 0 Å². The standard InChI is InChI=1S/C15H20O6/c1-18-12-4-3-10(14(16)15(17)19-2)9-13(12)21-11-5-7-20-8-6-11/h3-4,9,11,14,16H,5-8H2,1-2H3. The molecule has 6 nitrogen and oxygen atoms in total. The molecule has 1 atom stereocenters. The van der Waals surface area contributed by atoms with Gasteiger partial charge < -0.3 is 24.1 Å². The molecule has 1 aromatic carbocycles. The molecule has 116 valence electrons. The van der Waals surface area contributed by atoms with Gasteiger partial charge >= 0.3 is 5.97 Å². The summed E-state index contributed by atoms with van der Waals surface area (Å²) in [5.41, 5.74) is 0.407. The van der Waals surface area contributed by atoms with Gasteiger partial charge in [-0.3, -0.25) is 0 Å². The molecule has 1 fully saturated rings. The van der Waals surface area contributed by atoms with Crippen LogP contribution in [0.25, 0.3) is 0 Å². The summed E-state index contributed by atoms with van der Waals surface area (Å²) in [5.74, 6) is 0.351. The lowest BCUT2D eigenvalue weighted by atomic mass is 10.1. The zero-order valence-corrected chi connectivity index (χ0v) is 12.2. The summed E-state index contributed by atoms with van der Waals surface area (Å²) in [6, 6.07) is 4.88. The second kappa shape index (κ2) is 7.28. The molecule has 2 rings (SSSR count). The van der Waals surface area contributed by atoms with E-state index < -0.39 is 12.1 Å². The minimum atomic E-state index is -1.34. The number of esters is 1. The highest BCUT2D eigenvalue weighted by Gasteiger charge is 2.22. The minimum Gasteiger partial charge on any atom is -0.493 e. The van der Waals surface area contributed by atoms with Crippen LogP contribution in [0.3, 0.4) is 0 Å². The van der Waals surface area contributed by atoms with Gasteiger partial charge in [0, 0.05) is 12.8 Å². The number of benzene rings is 1. The van der Waals surface area contributed by atoms with Crippen molar-refractivity contribution in [2.75, 3.05) is 27.4 Å². The monoisotopic (exact) mass is 296 g/mol. The summed E-state index contributed by atoms with van der Waals surface area (Å²) < 4.78 is 21.0. The van der Waals surface area contributed by atoms with Gasteiger partial charge in [0.1, 0.15) is 6.10 Å². The van der Waals surface area contributed by atoms with Gasteiger partial charge in [-0.1, -0.05) is 6.07 Å². The average Bonchev–Trinajstić information content (AvgIpc) is 2.54. The van der Waals surface area contributed by atoms with Gasteiger partial charge in [0.15, 0.2) is 17.6 Å². The Morgan fingerprint density at radius 1 is 1.29 bits per heavy atom. The van der Waals surface area contributed by atoms with Crippen LogP contribution in [-0.4, -0.2) is 44.6 Å². The van der Waals surface area contributed by atoms with E-state index in [1.54, 1.807) is 25.3 Å². The van der Waals surface area contributed by atoms with E-state index in [0.717, 1.165) is 12.8 Å². The van der Waals surface area contributed by atoms with Crippen molar-refractivity contribution < 1.29 is 28.8 Å². The maximum absolute atomic E-state index is 11.4. The van der Waals surface area contributed by atoms with Crippen molar-refractivity contribution in [2.24, 2.45) is 0 Å². The molecule has 1 N–H and O–H groups in total. The Balaban J connectivity index is 2.18. The van der Waals surface area contributed by atoms with E-state index in [4.69, 9.17) is 14.2 Å². The Bertz CT molecular complexity index is 481.